The number of phosphoric ester groups is 2. The summed E-state index contributed by atoms with van der Waals surface area (Å²) < 4.78 is 67.8. The molecule has 19 heteroatoms. The summed E-state index contributed by atoms with van der Waals surface area (Å²) in [5, 5.41) is 10.5. The average Bonchev–Trinajstić information content (AvgIpc) is 3.41. The van der Waals surface area contributed by atoms with Gasteiger partial charge >= 0.3 is 39.5 Å². The van der Waals surface area contributed by atoms with Gasteiger partial charge in [0.05, 0.1) is 26.4 Å². The topological polar surface area (TPSA) is 237 Å². The van der Waals surface area contributed by atoms with Gasteiger partial charge < -0.3 is 33.8 Å². The van der Waals surface area contributed by atoms with Crippen LogP contribution in [0.1, 0.15) is 298 Å². The highest BCUT2D eigenvalue weighted by molar-refractivity contribution is 7.47. The van der Waals surface area contributed by atoms with Crippen molar-refractivity contribution >= 4 is 39.5 Å². The van der Waals surface area contributed by atoms with E-state index < -0.39 is 97.5 Å². The van der Waals surface area contributed by atoms with Gasteiger partial charge in [0.1, 0.15) is 19.3 Å². The van der Waals surface area contributed by atoms with Crippen LogP contribution in [0, 0.1) is 11.8 Å². The Morgan fingerprint density at radius 1 is 0.338 bits per heavy atom. The first-order chi connectivity index (χ1) is 38.4. The molecule has 0 spiro atoms. The molecular formula is C61H118O17P2. The number of ether oxygens (including phenoxy) is 4. The smallest absolute Gasteiger partial charge is 0.462 e. The van der Waals surface area contributed by atoms with E-state index in [4.69, 9.17) is 37.0 Å². The maximum Gasteiger partial charge on any atom is 0.472 e. The molecule has 0 rings (SSSR count). The molecule has 0 aromatic rings. The van der Waals surface area contributed by atoms with Gasteiger partial charge in [-0.2, -0.15) is 0 Å². The summed E-state index contributed by atoms with van der Waals surface area (Å²) in [6, 6.07) is 0. The van der Waals surface area contributed by atoms with Crippen LogP contribution >= 0.6 is 15.6 Å². The van der Waals surface area contributed by atoms with Crippen molar-refractivity contribution in [1.82, 2.24) is 0 Å². The highest BCUT2D eigenvalue weighted by atomic mass is 31.2. The number of esters is 4. The Bertz CT molecular complexity index is 1580. The van der Waals surface area contributed by atoms with E-state index in [0.717, 1.165) is 103 Å². The molecule has 17 nitrogen and oxygen atoms in total. The second-order valence-electron chi connectivity index (χ2n) is 23.0. The number of aliphatic hydroxyl groups excluding tert-OH is 1. The molecule has 0 saturated carbocycles. The maximum absolute atomic E-state index is 12.9. The lowest BCUT2D eigenvalue weighted by atomic mass is 10.0. The third kappa shape index (κ3) is 55.3. The maximum atomic E-state index is 12.9. The van der Waals surface area contributed by atoms with Crippen LogP contribution in [0.3, 0.4) is 0 Å². The highest BCUT2D eigenvalue weighted by Crippen LogP contribution is 2.45. The third-order valence-electron chi connectivity index (χ3n) is 14.0. The van der Waals surface area contributed by atoms with Crippen LogP contribution in [0.25, 0.3) is 0 Å². The molecule has 474 valence electrons. The van der Waals surface area contributed by atoms with Gasteiger partial charge in [0, 0.05) is 25.7 Å². The van der Waals surface area contributed by atoms with E-state index in [0.29, 0.717) is 37.5 Å². The molecule has 0 bridgehead atoms. The van der Waals surface area contributed by atoms with Crippen molar-refractivity contribution < 1.29 is 80.2 Å². The van der Waals surface area contributed by atoms with Crippen LogP contribution in [-0.2, 0) is 65.4 Å². The van der Waals surface area contributed by atoms with Gasteiger partial charge in [-0.25, -0.2) is 9.13 Å². The van der Waals surface area contributed by atoms with Crippen LogP contribution in [0.2, 0.25) is 0 Å². The van der Waals surface area contributed by atoms with E-state index >= 15 is 0 Å². The summed E-state index contributed by atoms with van der Waals surface area (Å²) in [6.45, 7) is 9.32. The molecular weight excluding hydrogens is 1070 g/mol. The summed E-state index contributed by atoms with van der Waals surface area (Å²) in [7, 11) is -9.88. The van der Waals surface area contributed by atoms with Crippen LogP contribution < -0.4 is 0 Å². The van der Waals surface area contributed by atoms with E-state index in [1.807, 2.05) is 0 Å². The minimum atomic E-state index is -4.94. The first-order valence-corrected chi connectivity index (χ1v) is 35.0. The SMILES string of the molecule is CCCCCCCCCCCCCCC(=O)O[C@H](COC(=O)CCCCCCCCCC(C)C)COP(=O)(O)OC[C@@H](O)COP(=O)(O)OC[C@@H](COC(=O)CCCCCCCCCC)OC(=O)CCCCCCCCCC(C)C. The Hall–Kier alpha value is -1.94. The Morgan fingerprint density at radius 3 is 0.850 bits per heavy atom. The van der Waals surface area contributed by atoms with Crippen molar-refractivity contribution in [2.24, 2.45) is 11.8 Å². The predicted molar refractivity (Wildman–Crippen MR) is 317 cm³/mol. The molecule has 0 aliphatic carbocycles. The summed E-state index contributed by atoms with van der Waals surface area (Å²) in [5.41, 5.74) is 0. The normalized spacial score (nSPS) is 14.4. The number of hydrogen-bond donors (Lipinski definition) is 3. The zero-order valence-electron chi connectivity index (χ0n) is 51.4. The monoisotopic (exact) mass is 1180 g/mol. The first-order valence-electron chi connectivity index (χ1n) is 32.0. The number of carbonyl (C=O) groups is 4. The zero-order chi connectivity index (χ0) is 59.4. The fourth-order valence-electron chi connectivity index (χ4n) is 9.00. The predicted octanol–water partition coefficient (Wildman–Crippen LogP) is 16.5. The van der Waals surface area contributed by atoms with Crippen LogP contribution in [0.5, 0.6) is 0 Å². The summed E-state index contributed by atoms with van der Waals surface area (Å²) in [5.74, 6) is -0.741. The van der Waals surface area contributed by atoms with E-state index in [1.54, 1.807) is 0 Å². The largest absolute Gasteiger partial charge is 0.472 e. The molecule has 0 aliphatic rings. The van der Waals surface area contributed by atoms with Crippen molar-refractivity contribution in [1.29, 1.82) is 0 Å². The number of rotatable bonds is 60. The van der Waals surface area contributed by atoms with E-state index in [9.17, 15) is 43.2 Å². The molecule has 0 fully saturated rings. The number of hydrogen-bond acceptors (Lipinski definition) is 15. The molecule has 0 radical (unpaired) electrons. The van der Waals surface area contributed by atoms with Crippen molar-refractivity contribution in [2.45, 2.75) is 317 Å². The molecule has 0 aliphatic heterocycles. The Morgan fingerprint density at radius 2 is 0.575 bits per heavy atom. The lowest BCUT2D eigenvalue weighted by molar-refractivity contribution is -0.161. The van der Waals surface area contributed by atoms with Gasteiger partial charge in [-0.15, -0.1) is 0 Å². The van der Waals surface area contributed by atoms with Crippen molar-refractivity contribution in [3.05, 3.63) is 0 Å². The summed E-state index contributed by atoms with van der Waals surface area (Å²) >= 11 is 0. The van der Waals surface area contributed by atoms with E-state index in [2.05, 4.69) is 41.5 Å². The average molecular weight is 1190 g/mol. The number of carbonyl (C=O) groups excluding carboxylic acids is 4. The van der Waals surface area contributed by atoms with E-state index in [-0.39, 0.29) is 25.7 Å². The van der Waals surface area contributed by atoms with Crippen LogP contribution in [0.4, 0.5) is 0 Å². The molecule has 0 saturated heterocycles. The molecule has 0 aromatic heterocycles. The van der Waals surface area contributed by atoms with Crippen LogP contribution in [0.15, 0.2) is 0 Å². The third-order valence-corrected chi connectivity index (χ3v) is 15.9. The lowest BCUT2D eigenvalue weighted by Gasteiger charge is -2.21. The quantitative estimate of drug-likeness (QED) is 0.0222. The highest BCUT2D eigenvalue weighted by Gasteiger charge is 2.30. The first kappa shape index (κ1) is 78.1. The summed E-state index contributed by atoms with van der Waals surface area (Å²) in [6.07, 6.45) is 35.0. The molecule has 0 aromatic carbocycles. The van der Waals surface area contributed by atoms with Crippen molar-refractivity contribution in [2.75, 3.05) is 39.6 Å². The van der Waals surface area contributed by atoms with Gasteiger partial charge in [0.15, 0.2) is 12.2 Å². The molecule has 0 heterocycles. The molecule has 0 amide bonds. The Balaban J connectivity index is 5.23. The van der Waals surface area contributed by atoms with Gasteiger partial charge in [-0.3, -0.25) is 37.3 Å². The Labute approximate surface area is 486 Å². The van der Waals surface area contributed by atoms with Gasteiger partial charge in [0.2, 0.25) is 0 Å². The van der Waals surface area contributed by atoms with E-state index in [1.165, 1.54) is 103 Å². The second kappa shape index (κ2) is 53.8. The molecule has 5 atom stereocenters. The van der Waals surface area contributed by atoms with Gasteiger partial charge in [0.25, 0.3) is 0 Å². The molecule has 3 N–H and O–H groups in total. The van der Waals surface area contributed by atoms with Crippen molar-refractivity contribution in [3.63, 3.8) is 0 Å². The van der Waals surface area contributed by atoms with Gasteiger partial charge in [-0.1, -0.05) is 247 Å². The number of phosphoric acid groups is 2. The minimum Gasteiger partial charge on any atom is -0.462 e. The van der Waals surface area contributed by atoms with Crippen LogP contribution in [-0.4, -0.2) is 96.7 Å². The van der Waals surface area contributed by atoms with Crippen molar-refractivity contribution in [3.8, 4) is 0 Å². The fraction of sp³-hybridized carbons (Fsp3) is 0.934. The zero-order valence-corrected chi connectivity index (χ0v) is 53.2. The number of aliphatic hydroxyl groups is 1. The Kier molecular flexibility index (Phi) is 52.5. The second-order valence-corrected chi connectivity index (χ2v) is 25.9. The molecule has 2 unspecified atom stereocenters. The minimum absolute atomic E-state index is 0.103. The lowest BCUT2D eigenvalue weighted by Crippen LogP contribution is -2.30. The number of unbranched alkanes of at least 4 members (excludes halogenated alkanes) is 30. The fourth-order valence-corrected chi connectivity index (χ4v) is 10.6. The standard InChI is InChI=1S/C61H118O17P2/c1-7-9-11-13-15-17-18-19-20-26-33-39-45-60(65)77-56(50-72-59(64)44-38-32-27-21-23-29-35-41-53(3)4)51-75-79(67,68)73-47-55(62)48-74-80(69,70)76-52-57(49-71-58(63)43-37-31-25-16-14-12-10-8-2)78-61(66)46-40-34-28-22-24-30-36-42-54(5)6/h53-57,62H,7-52H2,1-6H3,(H,67,68)(H,69,70)/t55-,56-,57-/m1/s1. The van der Waals surface area contributed by atoms with Gasteiger partial charge in [-0.05, 0) is 37.5 Å². The summed E-state index contributed by atoms with van der Waals surface area (Å²) in [4.78, 5) is 72.0. The molecule has 80 heavy (non-hydrogen) atoms.